The second-order valence-corrected chi connectivity index (χ2v) is 6.87. The predicted molar refractivity (Wildman–Crippen MR) is 89.6 cm³/mol. The summed E-state index contributed by atoms with van der Waals surface area (Å²) in [5.41, 5.74) is 1.19. The van der Waals surface area contributed by atoms with Crippen molar-refractivity contribution in [2.24, 2.45) is 0 Å². The fourth-order valence-corrected chi connectivity index (χ4v) is 3.87. The molecule has 2 aliphatic rings. The number of aryl methyl sites for hydroxylation is 1. The number of methoxy groups -OCH3 is 1. The molecule has 4 heteroatoms. The molecule has 1 heterocycles. The summed E-state index contributed by atoms with van der Waals surface area (Å²) in [7, 11) is 1.66. The highest BCUT2D eigenvalue weighted by Crippen LogP contribution is 2.39. The van der Waals surface area contributed by atoms with E-state index in [2.05, 4.69) is 5.32 Å². The zero-order chi connectivity index (χ0) is 16.1. The first-order valence-electron chi connectivity index (χ1n) is 8.75. The van der Waals surface area contributed by atoms with Crippen LogP contribution >= 0.6 is 0 Å². The van der Waals surface area contributed by atoms with Gasteiger partial charge >= 0.3 is 0 Å². The van der Waals surface area contributed by atoms with Crippen LogP contribution in [0.1, 0.15) is 50.5 Å². The van der Waals surface area contributed by atoms with E-state index in [1.807, 2.05) is 24.3 Å². The number of nitrogens with one attached hydrogen (secondary N) is 1. The van der Waals surface area contributed by atoms with E-state index in [0.29, 0.717) is 13.0 Å². The molecule has 0 unspecified atom stereocenters. The van der Waals surface area contributed by atoms with Gasteiger partial charge in [0.15, 0.2) is 0 Å². The second kappa shape index (κ2) is 7.35. The average Bonchev–Trinajstić information content (AvgIpc) is 2.96. The molecule has 1 aromatic rings. The van der Waals surface area contributed by atoms with Gasteiger partial charge in [0.2, 0.25) is 5.91 Å². The van der Waals surface area contributed by atoms with Gasteiger partial charge in [-0.1, -0.05) is 31.4 Å². The minimum absolute atomic E-state index is 0.0585. The molecule has 1 aliphatic heterocycles. The molecule has 1 aliphatic carbocycles. The molecule has 0 aromatic heterocycles. The standard InChI is InChI=1S/C19H27NO3/c1-22-17-7-5-6-15(12-17)8-9-18(21)20-16-13-19(23-14-16)10-3-2-4-11-19/h5-7,12,16H,2-4,8-11,13-14H2,1H3,(H,20,21)/t16-/m1/s1. The van der Waals surface area contributed by atoms with Gasteiger partial charge in [0.1, 0.15) is 5.75 Å². The van der Waals surface area contributed by atoms with E-state index in [1.54, 1.807) is 7.11 Å². The molecule has 1 atom stereocenters. The molecule has 23 heavy (non-hydrogen) atoms. The minimum atomic E-state index is 0.0585. The van der Waals surface area contributed by atoms with E-state index in [9.17, 15) is 4.79 Å². The van der Waals surface area contributed by atoms with Crippen molar-refractivity contribution in [2.75, 3.05) is 13.7 Å². The van der Waals surface area contributed by atoms with Gasteiger partial charge in [-0.15, -0.1) is 0 Å². The fourth-order valence-electron chi connectivity index (χ4n) is 3.87. The molecule has 126 valence electrons. The zero-order valence-corrected chi connectivity index (χ0v) is 14.0. The van der Waals surface area contributed by atoms with E-state index in [4.69, 9.17) is 9.47 Å². The molecule has 3 rings (SSSR count). The number of benzene rings is 1. The molecular formula is C19H27NO3. The lowest BCUT2D eigenvalue weighted by atomic mass is 9.82. The number of rotatable bonds is 5. The molecule has 4 nitrogen and oxygen atoms in total. The average molecular weight is 317 g/mol. The van der Waals surface area contributed by atoms with E-state index >= 15 is 0 Å². The van der Waals surface area contributed by atoms with E-state index in [0.717, 1.165) is 37.0 Å². The van der Waals surface area contributed by atoms with Crippen molar-refractivity contribution in [2.45, 2.75) is 63.0 Å². The van der Waals surface area contributed by atoms with E-state index in [1.165, 1.54) is 19.3 Å². The van der Waals surface area contributed by atoms with Crippen molar-refractivity contribution in [1.29, 1.82) is 0 Å². The summed E-state index contributed by atoms with van der Waals surface area (Å²) in [5.74, 6) is 0.959. The van der Waals surface area contributed by atoms with Crippen molar-refractivity contribution in [3.05, 3.63) is 29.8 Å². The van der Waals surface area contributed by atoms with Gasteiger partial charge in [0.05, 0.1) is 25.4 Å². The first kappa shape index (κ1) is 16.3. The van der Waals surface area contributed by atoms with Gasteiger partial charge in [0, 0.05) is 6.42 Å². The van der Waals surface area contributed by atoms with Crippen LogP contribution in [0.15, 0.2) is 24.3 Å². The maximum atomic E-state index is 12.2. The Bertz CT molecular complexity index is 537. The van der Waals surface area contributed by atoms with Gasteiger partial charge in [-0.05, 0) is 43.4 Å². The van der Waals surface area contributed by atoms with Crippen LogP contribution in [0.4, 0.5) is 0 Å². The van der Waals surface area contributed by atoms with Gasteiger partial charge in [-0.3, -0.25) is 4.79 Å². The molecule has 0 bridgehead atoms. The molecule has 1 amide bonds. The summed E-state index contributed by atoms with van der Waals surface area (Å²) < 4.78 is 11.3. The van der Waals surface area contributed by atoms with Crippen LogP contribution < -0.4 is 10.1 Å². The van der Waals surface area contributed by atoms with E-state index < -0.39 is 0 Å². The summed E-state index contributed by atoms with van der Waals surface area (Å²) in [5, 5.41) is 3.15. The molecule has 0 radical (unpaired) electrons. The number of amides is 1. The van der Waals surface area contributed by atoms with Crippen LogP contribution in [0.2, 0.25) is 0 Å². The Kier molecular flexibility index (Phi) is 5.21. The van der Waals surface area contributed by atoms with Crippen molar-refractivity contribution in [1.82, 2.24) is 5.32 Å². The number of ether oxygens (including phenoxy) is 2. The quantitative estimate of drug-likeness (QED) is 0.907. The lowest BCUT2D eigenvalue weighted by molar-refractivity contribution is -0.121. The topological polar surface area (TPSA) is 47.6 Å². The lowest BCUT2D eigenvalue weighted by Gasteiger charge is -2.32. The first-order chi connectivity index (χ1) is 11.2. The van der Waals surface area contributed by atoms with Gasteiger partial charge in [-0.2, -0.15) is 0 Å². The highest BCUT2D eigenvalue weighted by atomic mass is 16.5. The predicted octanol–water partition coefficient (Wildman–Crippen LogP) is 3.24. The van der Waals surface area contributed by atoms with Crippen LogP contribution in [-0.4, -0.2) is 31.3 Å². The van der Waals surface area contributed by atoms with Crippen molar-refractivity contribution < 1.29 is 14.3 Å². The molecule has 1 N–H and O–H groups in total. The van der Waals surface area contributed by atoms with Gasteiger partial charge in [-0.25, -0.2) is 0 Å². The Balaban J connectivity index is 1.44. The SMILES string of the molecule is COc1cccc(CCC(=O)N[C@H]2COC3(CCCCC3)C2)c1. The Morgan fingerprint density at radius 1 is 1.35 bits per heavy atom. The zero-order valence-electron chi connectivity index (χ0n) is 14.0. The molecule has 1 spiro atoms. The van der Waals surface area contributed by atoms with Crippen LogP contribution in [0.25, 0.3) is 0 Å². The third-order valence-corrected chi connectivity index (χ3v) is 5.11. The van der Waals surface area contributed by atoms with Gasteiger partial charge in [0.25, 0.3) is 0 Å². The van der Waals surface area contributed by atoms with Gasteiger partial charge < -0.3 is 14.8 Å². The van der Waals surface area contributed by atoms with Crippen LogP contribution in [0, 0.1) is 0 Å². The summed E-state index contributed by atoms with van der Waals surface area (Å²) in [4.78, 5) is 12.2. The minimum Gasteiger partial charge on any atom is -0.497 e. The van der Waals surface area contributed by atoms with Crippen molar-refractivity contribution in [3.63, 3.8) is 0 Å². The molecule has 1 saturated heterocycles. The Morgan fingerprint density at radius 3 is 2.96 bits per heavy atom. The number of hydrogen-bond acceptors (Lipinski definition) is 3. The molecular weight excluding hydrogens is 290 g/mol. The smallest absolute Gasteiger partial charge is 0.220 e. The van der Waals surface area contributed by atoms with Crippen molar-refractivity contribution in [3.8, 4) is 5.75 Å². The first-order valence-corrected chi connectivity index (χ1v) is 8.75. The fraction of sp³-hybridized carbons (Fsp3) is 0.632. The summed E-state index contributed by atoms with van der Waals surface area (Å²) >= 11 is 0. The summed E-state index contributed by atoms with van der Waals surface area (Å²) in [6, 6.07) is 8.09. The van der Waals surface area contributed by atoms with Crippen LogP contribution in [0.5, 0.6) is 5.75 Å². The highest BCUT2D eigenvalue weighted by molar-refractivity contribution is 5.76. The number of carbonyl (C=O) groups excluding carboxylic acids is 1. The number of carbonyl (C=O) groups is 1. The van der Waals surface area contributed by atoms with Crippen LogP contribution in [-0.2, 0) is 16.0 Å². The van der Waals surface area contributed by atoms with E-state index in [-0.39, 0.29) is 17.6 Å². The molecule has 1 aromatic carbocycles. The third-order valence-electron chi connectivity index (χ3n) is 5.11. The maximum absolute atomic E-state index is 12.2. The maximum Gasteiger partial charge on any atom is 0.220 e. The lowest BCUT2D eigenvalue weighted by Crippen LogP contribution is -2.37. The largest absolute Gasteiger partial charge is 0.497 e. The third kappa shape index (κ3) is 4.25. The Hall–Kier alpha value is -1.55. The van der Waals surface area contributed by atoms with Crippen molar-refractivity contribution >= 4 is 5.91 Å². The molecule has 1 saturated carbocycles. The Labute approximate surface area is 138 Å². The number of hydrogen-bond donors (Lipinski definition) is 1. The Morgan fingerprint density at radius 2 is 2.17 bits per heavy atom. The van der Waals surface area contributed by atoms with Crippen LogP contribution in [0.3, 0.4) is 0 Å². The summed E-state index contributed by atoms with van der Waals surface area (Å²) in [6.07, 6.45) is 8.39. The summed E-state index contributed by atoms with van der Waals surface area (Å²) in [6.45, 7) is 0.672. The second-order valence-electron chi connectivity index (χ2n) is 6.87. The normalized spacial score (nSPS) is 22.9. The monoisotopic (exact) mass is 317 g/mol. The highest BCUT2D eigenvalue weighted by Gasteiger charge is 2.41. The molecule has 2 fully saturated rings.